The van der Waals surface area contributed by atoms with Gasteiger partial charge in [-0.15, -0.1) is 0 Å². The van der Waals surface area contributed by atoms with Gasteiger partial charge in [0.1, 0.15) is 0 Å². The van der Waals surface area contributed by atoms with Crippen molar-refractivity contribution in [1.82, 2.24) is 5.32 Å². The summed E-state index contributed by atoms with van der Waals surface area (Å²) in [6.45, 7) is 2.70. The van der Waals surface area contributed by atoms with Gasteiger partial charge in [-0.25, -0.2) is 0 Å². The van der Waals surface area contributed by atoms with Crippen LogP contribution in [0.4, 0.5) is 0 Å². The van der Waals surface area contributed by atoms with Crippen molar-refractivity contribution in [2.75, 3.05) is 6.54 Å². The molecule has 0 aromatic carbocycles. The third kappa shape index (κ3) is 9.03. The SMILES string of the molecule is CCCCC(=O)NCCCCC(N)=O. The first-order chi connectivity index (χ1) is 6.66. The van der Waals surface area contributed by atoms with Crippen LogP contribution in [0.1, 0.15) is 45.4 Å². The van der Waals surface area contributed by atoms with Gasteiger partial charge in [0.25, 0.3) is 0 Å². The quantitative estimate of drug-likeness (QED) is 0.572. The van der Waals surface area contributed by atoms with Crippen LogP contribution in [0.25, 0.3) is 0 Å². The number of primary amides is 1. The lowest BCUT2D eigenvalue weighted by Crippen LogP contribution is -2.24. The monoisotopic (exact) mass is 200 g/mol. The normalized spacial score (nSPS) is 9.79. The minimum Gasteiger partial charge on any atom is -0.370 e. The van der Waals surface area contributed by atoms with E-state index in [0.29, 0.717) is 19.4 Å². The van der Waals surface area contributed by atoms with Crippen LogP contribution in [0.5, 0.6) is 0 Å². The molecule has 0 aromatic rings. The molecule has 0 unspecified atom stereocenters. The van der Waals surface area contributed by atoms with Crippen LogP contribution < -0.4 is 11.1 Å². The van der Waals surface area contributed by atoms with Gasteiger partial charge in [-0.3, -0.25) is 9.59 Å². The summed E-state index contributed by atoms with van der Waals surface area (Å²) in [5.74, 6) is -0.173. The largest absolute Gasteiger partial charge is 0.370 e. The highest BCUT2D eigenvalue weighted by Crippen LogP contribution is 1.95. The maximum atomic E-state index is 11.1. The Morgan fingerprint density at radius 2 is 1.86 bits per heavy atom. The fourth-order valence-corrected chi connectivity index (χ4v) is 1.08. The van der Waals surface area contributed by atoms with Crippen molar-refractivity contribution >= 4 is 11.8 Å². The van der Waals surface area contributed by atoms with E-state index in [9.17, 15) is 9.59 Å². The summed E-state index contributed by atoms with van der Waals surface area (Å²) in [6.07, 6.45) is 4.56. The maximum absolute atomic E-state index is 11.1. The molecule has 0 atom stereocenters. The Balaban J connectivity index is 3.19. The van der Waals surface area contributed by atoms with Gasteiger partial charge in [0, 0.05) is 19.4 Å². The highest BCUT2D eigenvalue weighted by molar-refractivity contribution is 5.75. The van der Waals surface area contributed by atoms with E-state index in [0.717, 1.165) is 25.7 Å². The highest BCUT2D eigenvalue weighted by Gasteiger charge is 1.99. The average molecular weight is 200 g/mol. The van der Waals surface area contributed by atoms with Gasteiger partial charge in [-0.05, 0) is 19.3 Å². The van der Waals surface area contributed by atoms with Gasteiger partial charge in [0.05, 0.1) is 0 Å². The Bertz CT molecular complexity index is 181. The molecule has 2 amide bonds. The summed E-state index contributed by atoms with van der Waals surface area (Å²) in [7, 11) is 0. The molecule has 4 heteroatoms. The van der Waals surface area contributed by atoms with Crippen molar-refractivity contribution in [2.45, 2.75) is 45.4 Å². The molecule has 4 nitrogen and oxygen atoms in total. The summed E-state index contributed by atoms with van der Waals surface area (Å²) in [5, 5.41) is 2.80. The van der Waals surface area contributed by atoms with Crippen LogP contribution in [0.3, 0.4) is 0 Å². The number of amides is 2. The third-order valence-electron chi connectivity index (χ3n) is 1.93. The first-order valence-electron chi connectivity index (χ1n) is 5.21. The molecule has 82 valence electrons. The van der Waals surface area contributed by atoms with E-state index in [-0.39, 0.29) is 11.8 Å². The van der Waals surface area contributed by atoms with Crippen LogP contribution in [0.2, 0.25) is 0 Å². The molecule has 0 fully saturated rings. The number of hydrogen-bond acceptors (Lipinski definition) is 2. The average Bonchev–Trinajstić information content (AvgIpc) is 2.13. The Kier molecular flexibility index (Phi) is 7.89. The minimum atomic E-state index is -0.276. The lowest BCUT2D eigenvalue weighted by molar-refractivity contribution is -0.121. The summed E-state index contributed by atoms with van der Waals surface area (Å²) in [5.41, 5.74) is 4.97. The van der Waals surface area contributed by atoms with E-state index < -0.39 is 0 Å². The lowest BCUT2D eigenvalue weighted by Gasteiger charge is -2.03. The van der Waals surface area contributed by atoms with Gasteiger partial charge in [-0.1, -0.05) is 13.3 Å². The molecule has 0 spiro atoms. The zero-order valence-corrected chi connectivity index (χ0v) is 8.84. The van der Waals surface area contributed by atoms with E-state index in [2.05, 4.69) is 12.2 Å². The van der Waals surface area contributed by atoms with E-state index in [1.54, 1.807) is 0 Å². The fraction of sp³-hybridized carbons (Fsp3) is 0.800. The summed E-state index contributed by atoms with van der Waals surface area (Å²) in [4.78, 5) is 21.5. The predicted molar refractivity (Wildman–Crippen MR) is 55.6 cm³/mol. The zero-order chi connectivity index (χ0) is 10.8. The number of unbranched alkanes of at least 4 members (excludes halogenated alkanes) is 2. The van der Waals surface area contributed by atoms with Crippen molar-refractivity contribution in [3.05, 3.63) is 0 Å². The number of nitrogens with two attached hydrogens (primary N) is 1. The number of carbonyl (C=O) groups excluding carboxylic acids is 2. The second-order valence-electron chi connectivity index (χ2n) is 3.38. The Morgan fingerprint density at radius 3 is 2.43 bits per heavy atom. The van der Waals surface area contributed by atoms with Crippen molar-refractivity contribution in [2.24, 2.45) is 5.73 Å². The van der Waals surface area contributed by atoms with Gasteiger partial charge in [-0.2, -0.15) is 0 Å². The van der Waals surface area contributed by atoms with Crippen molar-refractivity contribution < 1.29 is 9.59 Å². The molecule has 0 rings (SSSR count). The van der Waals surface area contributed by atoms with Crippen LogP contribution in [0.15, 0.2) is 0 Å². The third-order valence-corrected chi connectivity index (χ3v) is 1.93. The van der Waals surface area contributed by atoms with Crippen molar-refractivity contribution in [3.63, 3.8) is 0 Å². The lowest BCUT2D eigenvalue weighted by atomic mass is 10.2. The van der Waals surface area contributed by atoms with Crippen LogP contribution in [-0.2, 0) is 9.59 Å². The molecule has 0 heterocycles. The molecular weight excluding hydrogens is 180 g/mol. The van der Waals surface area contributed by atoms with Crippen LogP contribution >= 0.6 is 0 Å². The summed E-state index contributed by atoms with van der Waals surface area (Å²) < 4.78 is 0. The molecule has 0 aliphatic heterocycles. The smallest absolute Gasteiger partial charge is 0.219 e. The summed E-state index contributed by atoms with van der Waals surface area (Å²) >= 11 is 0. The van der Waals surface area contributed by atoms with E-state index >= 15 is 0 Å². The number of nitrogens with one attached hydrogen (secondary N) is 1. The Labute approximate surface area is 85.2 Å². The minimum absolute atomic E-state index is 0.103. The van der Waals surface area contributed by atoms with Crippen molar-refractivity contribution in [1.29, 1.82) is 0 Å². The first kappa shape index (κ1) is 12.9. The van der Waals surface area contributed by atoms with Gasteiger partial charge in [0.2, 0.25) is 11.8 Å². The van der Waals surface area contributed by atoms with E-state index in [4.69, 9.17) is 5.73 Å². The molecule has 0 radical (unpaired) electrons. The van der Waals surface area contributed by atoms with Gasteiger partial charge >= 0.3 is 0 Å². The Hall–Kier alpha value is -1.06. The first-order valence-corrected chi connectivity index (χ1v) is 5.21. The van der Waals surface area contributed by atoms with Gasteiger partial charge in [0.15, 0.2) is 0 Å². The molecular formula is C10H20N2O2. The molecule has 0 bridgehead atoms. The van der Waals surface area contributed by atoms with Crippen LogP contribution in [-0.4, -0.2) is 18.4 Å². The number of rotatable bonds is 8. The molecule has 0 aliphatic carbocycles. The summed E-state index contributed by atoms with van der Waals surface area (Å²) in [6, 6.07) is 0. The number of carbonyl (C=O) groups is 2. The van der Waals surface area contributed by atoms with E-state index in [1.165, 1.54) is 0 Å². The van der Waals surface area contributed by atoms with Crippen LogP contribution in [0, 0.1) is 0 Å². The zero-order valence-electron chi connectivity index (χ0n) is 8.84. The van der Waals surface area contributed by atoms with Gasteiger partial charge < -0.3 is 11.1 Å². The van der Waals surface area contributed by atoms with E-state index in [1.807, 2.05) is 0 Å². The molecule has 3 N–H and O–H groups in total. The molecule has 0 saturated heterocycles. The molecule has 14 heavy (non-hydrogen) atoms. The predicted octanol–water partition coefficient (Wildman–Crippen LogP) is 0.948. The van der Waals surface area contributed by atoms with Crippen molar-refractivity contribution in [3.8, 4) is 0 Å². The second-order valence-corrected chi connectivity index (χ2v) is 3.38. The molecule has 0 saturated carbocycles. The molecule has 0 aromatic heterocycles. The Morgan fingerprint density at radius 1 is 1.14 bits per heavy atom. The molecule has 0 aliphatic rings. The fourth-order valence-electron chi connectivity index (χ4n) is 1.08. The maximum Gasteiger partial charge on any atom is 0.219 e. The second kappa shape index (κ2) is 8.53. The highest BCUT2D eigenvalue weighted by atomic mass is 16.1. The number of hydrogen-bond donors (Lipinski definition) is 2. The standard InChI is InChI=1S/C10H20N2O2/c1-2-3-7-10(14)12-8-5-4-6-9(11)13/h2-8H2,1H3,(H2,11,13)(H,12,14). The topological polar surface area (TPSA) is 72.2 Å².